The Balaban J connectivity index is 1.25. The van der Waals surface area contributed by atoms with Crippen molar-refractivity contribution in [3.63, 3.8) is 0 Å². The number of nitrogens with zero attached hydrogens (tertiary/aromatic N) is 6. The third-order valence-corrected chi connectivity index (χ3v) is 5.92. The van der Waals surface area contributed by atoms with Gasteiger partial charge in [-0.3, -0.25) is 4.98 Å². The van der Waals surface area contributed by atoms with Crippen LogP contribution in [-0.4, -0.2) is 46.4 Å². The van der Waals surface area contributed by atoms with E-state index >= 15 is 0 Å². The first-order chi connectivity index (χ1) is 19.7. The van der Waals surface area contributed by atoms with Crippen LogP contribution in [0.1, 0.15) is 11.3 Å². The van der Waals surface area contributed by atoms with Crippen molar-refractivity contribution in [1.82, 2.24) is 15.0 Å². The number of alkyl halides is 3. The molecule has 212 valence electrons. The lowest BCUT2D eigenvalue weighted by Gasteiger charge is -2.27. The Morgan fingerprint density at radius 3 is 2.34 bits per heavy atom. The van der Waals surface area contributed by atoms with Gasteiger partial charge in [-0.25, -0.2) is 9.37 Å². The number of phenolic OH excluding ortho intramolecular Hbond substituents is 1. The zero-order valence-electron chi connectivity index (χ0n) is 21.4. The van der Waals surface area contributed by atoms with E-state index in [0.717, 1.165) is 18.3 Å². The minimum atomic E-state index is -4.57. The number of pyridine rings is 1. The van der Waals surface area contributed by atoms with Gasteiger partial charge in [0.2, 0.25) is 0 Å². The number of morpholine rings is 1. The van der Waals surface area contributed by atoms with Gasteiger partial charge in [-0.05, 0) is 42.5 Å². The number of rotatable bonds is 8. The van der Waals surface area contributed by atoms with E-state index in [4.69, 9.17) is 4.74 Å². The molecule has 0 bridgehead atoms. The number of phenols is 1. The molecule has 1 aliphatic rings. The van der Waals surface area contributed by atoms with Crippen LogP contribution in [-0.2, 0) is 17.5 Å². The Bertz CT molecular complexity index is 1530. The van der Waals surface area contributed by atoms with Crippen LogP contribution in [0.4, 0.5) is 52.1 Å². The van der Waals surface area contributed by atoms with Crippen LogP contribution >= 0.6 is 0 Å². The molecule has 1 saturated heterocycles. The Hall–Kier alpha value is -4.85. The molecule has 3 N–H and O–H groups in total. The number of nitrogens with one attached hydrogen (secondary N) is 2. The molecule has 2 aromatic carbocycles. The number of hydrogen-bond acceptors (Lipinski definition) is 10. The monoisotopic (exact) mass is 568 g/mol. The molecular weight excluding hydrogens is 544 g/mol. The number of anilines is 5. The Labute approximate surface area is 231 Å². The molecule has 0 amide bonds. The molecule has 0 radical (unpaired) electrons. The molecule has 0 aliphatic carbocycles. The molecule has 0 spiro atoms. The average Bonchev–Trinajstić information content (AvgIpc) is 2.95. The highest BCUT2D eigenvalue weighted by molar-refractivity contribution is 5.70. The van der Waals surface area contributed by atoms with E-state index in [0.29, 0.717) is 43.4 Å². The molecule has 1 fully saturated rings. The Morgan fingerprint density at radius 2 is 1.66 bits per heavy atom. The summed E-state index contributed by atoms with van der Waals surface area (Å²) >= 11 is 0. The number of hydrogen-bond donors (Lipinski definition) is 3. The van der Waals surface area contributed by atoms with E-state index < -0.39 is 17.6 Å². The first-order valence-electron chi connectivity index (χ1n) is 12.5. The summed E-state index contributed by atoms with van der Waals surface area (Å²) < 4.78 is 60.1. The average molecular weight is 569 g/mol. The number of benzene rings is 2. The lowest BCUT2D eigenvalue weighted by Crippen LogP contribution is -2.37. The molecule has 41 heavy (non-hydrogen) atoms. The summed E-state index contributed by atoms with van der Waals surface area (Å²) in [6.45, 7) is 2.04. The molecule has 5 rings (SSSR count). The third-order valence-electron chi connectivity index (χ3n) is 5.92. The van der Waals surface area contributed by atoms with Gasteiger partial charge < -0.3 is 25.4 Å². The molecule has 3 heterocycles. The summed E-state index contributed by atoms with van der Waals surface area (Å²) in [6.07, 6.45) is -2.07. The summed E-state index contributed by atoms with van der Waals surface area (Å²) in [7, 11) is 0. The van der Waals surface area contributed by atoms with Gasteiger partial charge in [0.15, 0.2) is 11.6 Å². The topological polar surface area (TPSA) is 120 Å². The zero-order valence-corrected chi connectivity index (χ0v) is 21.4. The second kappa shape index (κ2) is 12.1. The van der Waals surface area contributed by atoms with Crippen LogP contribution in [0.25, 0.3) is 0 Å². The molecule has 1 aliphatic heterocycles. The van der Waals surface area contributed by atoms with Crippen molar-refractivity contribution in [3.8, 4) is 5.75 Å². The number of halogens is 4. The van der Waals surface area contributed by atoms with Gasteiger partial charge >= 0.3 is 6.18 Å². The molecule has 0 atom stereocenters. The summed E-state index contributed by atoms with van der Waals surface area (Å²) in [6, 6.07) is 12.8. The largest absolute Gasteiger partial charge is 0.508 e. The highest BCUT2D eigenvalue weighted by Crippen LogP contribution is 2.35. The maximum Gasteiger partial charge on any atom is 0.416 e. The number of aromatic hydroxyl groups is 1. The van der Waals surface area contributed by atoms with E-state index in [-0.39, 0.29) is 35.4 Å². The van der Waals surface area contributed by atoms with Crippen LogP contribution in [0.5, 0.6) is 5.75 Å². The van der Waals surface area contributed by atoms with Crippen LogP contribution in [0.2, 0.25) is 0 Å². The van der Waals surface area contributed by atoms with Gasteiger partial charge in [0, 0.05) is 36.2 Å². The van der Waals surface area contributed by atoms with Crippen LogP contribution in [0.3, 0.4) is 0 Å². The summed E-state index contributed by atoms with van der Waals surface area (Å²) in [5.41, 5.74) is 0.920. The van der Waals surface area contributed by atoms with Crippen molar-refractivity contribution in [1.29, 1.82) is 0 Å². The smallest absolute Gasteiger partial charge is 0.416 e. The van der Waals surface area contributed by atoms with Gasteiger partial charge in [-0.15, -0.1) is 5.11 Å². The standard InChI is InChI=1S/C27H24F4N8O2/c28-24-16-33-26(37-25(24)39-6-8-41-9-7-39)38-34-15-19-4-5-20(14-32-19)36-22-11-17(27(29,30)31)10-21(12-22)35-18-2-1-3-23(40)13-18/h1-5,10-14,16,35-36,40H,6-9,15H2. The molecule has 2 aromatic heterocycles. The molecule has 14 heteroatoms. The molecule has 10 nitrogen and oxygen atoms in total. The second-order valence-electron chi connectivity index (χ2n) is 8.98. The fourth-order valence-electron chi connectivity index (χ4n) is 4.01. The number of ether oxygens (including phenoxy) is 1. The van der Waals surface area contributed by atoms with Crippen molar-refractivity contribution in [2.24, 2.45) is 10.2 Å². The van der Waals surface area contributed by atoms with Crippen LogP contribution in [0, 0.1) is 5.82 Å². The normalized spacial score (nSPS) is 13.9. The maximum absolute atomic E-state index is 14.2. The minimum Gasteiger partial charge on any atom is -0.508 e. The van der Waals surface area contributed by atoms with Gasteiger partial charge in [-0.2, -0.15) is 23.3 Å². The third kappa shape index (κ3) is 7.42. The predicted octanol–water partition coefficient (Wildman–Crippen LogP) is 6.34. The van der Waals surface area contributed by atoms with E-state index in [9.17, 15) is 22.7 Å². The van der Waals surface area contributed by atoms with E-state index in [2.05, 4.69) is 35.8 Å². The first kappa shape index (κ1) is 27.7. The van der Waals surface area contributed by atoms with Gasteiger partial charge in [0.25, 0.3) is 5.95 Å². The maximum atomic E-state index is 14.2. The molecule has 4 aromatic rings. The first-order valence-corrected chi connectivity index (χ1v) is 12.5. The van der Waals surface area contributed by atoms with E-state index in [1.54, 1.807) is 29.2 Å². The molecular formula is C27H24F4N8O2. The SMILES string of the molecule is Oc1cccc(Nc2cc(Nc3ccc(CN=Nc4ncc(F)c(N5CCOCC5)n4)nc3)cc(C(F)(F)F)c2)c1. The fourth-order valence-corrected chi connectivity index (χ4v) is 4.01. The molecule has 0 saturated carbocycles. The predicted molar refractivity (Wildman–Crippen MR) is 144 cm³/mol. The number of azo groups is 1. The van der Waals surface area contributed by atoms with Gasteiger partial charge in [0.1, 0.15) is 12.3 Å². The van der Waals surface area contributed by atoms with Crippen LogP contribution < -0.4 is 15.5 Å². The van der Waals surface area contributed by atoms with Crippen molar-refractivity contribution in [2.75, 3.05) is 41.8 Å². The lowest BCUT2D eigenvalue weighted by atomic mass is 10.1. The van der Waals surface area contributed by atoms with E-state index in [1.807, 2.05) is 0 Å². The van der Waals surface area contributed by atoms with Crippen molar-refractivity contribution in [3.05, 3.63) is 84.1 Å². The highest BCUT2D eigenvalue weighted by Gasteiger charge is 2.31. The van der Waals surface area contributed by atoms with E-state index in [1.165, 1.54) is 24.4 Å². The zero-order chi connectivity index (χ0) is 28.8. The second-order valence-corrected chi connectivity index (χ2v) is 8.98. The summed E-state index contributed by atoms with van der Waals surface area (Å²) in [4.78, 5) is 14.0. The van der Waals surface area contributed by atoms with Crippen molar-refractivity contribution >= 4 is 34.5 Å². The Kier molecular flexibility index (Phi) is 8.19. The molecule has 0 unspecified atom stereocenters. The van der Waals surface area contributed by atoms with Gasteiger partial charge in [-0.1, -0.05) is 6.07 Å². The summed E-state index contributed by atoms with van der Waals surface area (Å²) in [5.74, 6) is -0.431. The minimum absolute atomic E-state index is 0.00542. The fraction of sp³-hybridized carbons (Fsp3) is 0.222. The summed E-state index contributed by atoms with van der Waals surface area (Å²) in [5, 5.41) is 23.5. The van der Waals surface area contributed by atoms with Crippen molar-refractivity contribution < 1.29 is 27.4 Å². The van der Waals surface area contributed by atoms with Crippen LogP contribution in [0.15, 0.2) is 77.2 Å². The Morgan fingerprint density at radius 1 is 0.902 bits per heavy atom. The quantitative estimate of drug-likeness (QED) is 0.166. The lowest BCUT2D eigenvalue weighted by molar-refractivity contribution is -0.137. The number of aromatic nitrogens is 3. The van der Waals surface area contributed by atoms with Gasteiger partial charge in [0.05, 0.1) is 42.6 Å². The van der Waals surface area contributed by atoms with Crippen molar-refractivity contribution in [2.45, 2.75) is 12.7 Å². The highest BCUT2D eigenvalue weighted by atomic mass is 19.4.